The summed E-state index contributed by atoms with van der Waals surface area (Å²) in [5, 5.41) is 0. The second-order valence-corrected chi connectivity index (χ2v) is 5.93. The van der Waals surface area contributed by atoms with Crippen LogP contribution in [0.1, 0.15) is 52.4 Å². The van der Waals surface area contributed by atoms with Crippen molar-refractivity contribution in [2.45, 2.75) is 64.0 Å². The van der Waals surface area contributed by atoms with Crippen molar-refractivity contribution >= 4 is 0 Å². The first-order chi connectivity index (χ1) is 7.11. The molecule has 0 radical (unpaired) electrons. The minimum Gasteiger partial charge on any atom is -0.375 e. The van der Waals surface area contributed by atoms with Crippen LogP contribution in [0.4, 0.5) is 0 Å². The molecule has 1 spiro atoms. The van der Waals surface area contributed by atoms with Crippen LogP contribution in [-0.4, -0.2) is 18.2 Å². The van der Waals surface area contributed by atoms with Crippen molar-refractivity contribution in [3.05, 3.63) is 0 Å². The normalized spacial score (nSPS) is 31.6. The summed E-state index contributed by atoms with van der Waals surface area (Å²) in [5.41, 5.74) is 6.56. The lowest BCUT2D eigenvalue weighted by Crippen LogP contribution is -2.49. The van der Waals surface area contributed by atoms with E-state index in [1.165, 1.54) is 38.5 Å². The second-order valence-electron chi connectivity index (χ2n) is 5.93. The van der Waals surface area contributed by atoms with Gasteiger partial charge in [-0.2, -0.15) is 0 Å². The summed E-state index contributed by atoms with van der Waals surface area (Å²) >= 11 is 0. The fourth-order valence-electron chi connectivity index (χ4n) is 3.09. The van der Waals surface area contributed by atoms with Crippen LogP contribution in [0.15, 0.2) is 0 Å². The van der Waals surface area contributed by atoms with E-state index in [4.69, 9.17) is 10.5 Å². The van der Waals surface area contributed by atoms with Gasteiger partial charge in [0.25, 0.3) is 0 Å². The first-order valence-electron chi connectivity index (χ1n) is 6.51. The third-order valence-corrected chi connectivity index (χ3v) is 4.14. The lowest BCUT2D eigenvalue weighted by atomic mass is 9.70. The third-order valence-electron chi connectivity index (χ3n) is 4.14. The van der Waals surface area contributed by atoms with Gasteiger partial charge in [-0.3, -0.25) is 0 Å². The molecule has 2 unspecified atom stereocenters. The van der Waals surface area contributed by atoms with Crippen molar-refractivity contribution in [2.24, 2.45) is 17.6 Å². The summed E-state index contributed by atoms with van der Waals surface area (Å²) in [5.74, 6) is 1.43. The Bertz CT molecular complexity index is 211. The fraction of sp³-hybridized carbons (Fsp3) is 1.00. The molecular formula is C13H25NO. The van der Waals surface area contributed by atoms with Crippen LogP contribution in [0.25, 0.3) is 0 Å². The largest absolute Gasteiger partial charge is 0.375 e. The van der Waals surface area contributed by atoms with E-state index in [9.17, 15) is 0 Å². The van der Waals surface area contributed by atoms with Gasteiger partial charge in [-0.25, -0.2) is 0 Å². The SMILES string of the molecule is CC(C)CC(N)C1CCOC2(CCC2)C1. The highest BCUT2D eigenvalue weighted by Gasteiger charge is 2.43. The average Bonchev–Trinajstić information content (AvgIpc) is 2.14. The van der Waals surface area contributed by atoms with E-state index in [0.29, 0.717) is 12.0 Å². The smallest absolute Gasteiger partial charge is 0.0685 e. The van der Waals surface area contributed by atoms with Crippen LogP contribution in [0.2, 0.25) is 0 Å². The molecule has 0 aromatic carbocycles. The fourth-order valence-corrected chi connectivity index (χ4v) is 3.09. The standard InChI is InChI=1S/C13H25NO/c1-10(2)8-12(14)11-4-7-15-13(9-11)5-3-6-13/h10-12H,3-9,14H2,1-2H3. The number of hydrogen-bond acceptors (Lipinski definition) is 2. The molecule has 1 heterocycles. The van der Waals surface area contributed by atoms with Gasteiger partial charge < -0.3 is 10.5 Å². The molecule has 1 aliphatic heterocycles. The maximum absolute atomic E-state index is 6.29. The maximum Gasteiger partial charge on any atom is 0.0685 e. The van der Waals surface area contributed by atoms with Crippen molar-refractivity contribution in [3.8, 4) is 0 Å². The highest BCUT2D eigenvalue weighted by atomic mass is 16.5. The van der Waals surface area contributed by atoms with Crippen LogP contribution < -0.4 is 5.73 Å². The second kappa shape index (κ2) is 4.42. The van der Waals surface area contributed by atoms with Crippen LogP contribution in [0, 0.1) is 11.8 Å². The molecule has 2 N–H and O–H groups in total. The summed E-state index contributed by atoms with van der Waals surface area (Å²) in [7, 11) is 0. The molecule has 2 rings (SSSR count). The molecule has 2 nitrogen and oxygen atoms in total. The van der Waals surface area contributed by atoms with Crippen molar-refractivity contribution in [2.75, 3.05) is 6.61 Å². The van der Waals surface area contributed by atoms with Gasteiger partial charge in [0.05, 0.1) is 5.60 Å². The van der Waals surface area contributed by atoms with Gasteiger partial charge in [-0.05, 0) is 50.4 Å². The highest BCUT2D eigenvalue weighted by Crippen LogP contribution is 2.45. The zero-order valence-corrected chi connectivity index (χ0v) is 10.2. The molecule has 1 saturated carbocycles. The summed E-state index contributed by atoms with van der Waals surface area (Å²) in [6, 6.07) is 0.395. The van der Waals surface area contributed by atoms with Crippen molar-refractivity contribution < 1.29 is 4.74 Å². The van der Waals surface area contributed by atoms with Gasteiger partial charge in [-0.15, -0.1) is 0 Å². The molecule has 0 amide bonds. The first-order valence-corrected chi connectivity index (χ1v) is 6.51. The van der Waals surface area contributed by atoms with E-state index in [2.05, 4.69) is 13.8 Å². The Morgan fingerprint density at radius 1 is 1.40 bits per heavy atom. The first kappa shape index (κ1) is 11.4. The van der Waals surface area contributed by atoms with Gasteiger partial charge in [0.2, 0.25) is 0 Å². The van der Waals surface area contributed by atoms with E-state index in [0.717, 1.165) is 12.5 Å². The quantitative estimate of drug-likeness (QED) is 0.779. The van der Waals surface area contributed by atoms with Gasteiger partial charge in [0, 0.05) is 12.6 Å². The monoisotopic (exact) mass is 211 g/mol. The molecule has 88 valence electrons. The molecule has 2 atom stereocenters. The maximum atomic E-state index is 6.29. The van der Waals surface area contributed by atoms with Gasteiger partial charge in [-0.1, -0.05) is 13.8 Å². The average molecular weight is 211 g/mol. The number of rotatable bonds is 3. The van der Waals surface area contributed by atoms with Gasteiger partial charge in [0.15, 0.2) is 0 Å². The third kappa shape index (κ3) is 2.54. The predicted octanol–water partition coefficient (Wildman–Crippen LogP) is 2.71. The van der Waals surface area contributed by atoms with Crippen LogP contribution >= 0.6 is 0 Å². The topological polar surface area (TPSA) is 35.2 Å². The number of hydrogen-bond donors (Lipinski definition) is 1. The number of ether oxygens (including phenoxy) is 1. The molecule has 2 aliphatic rings. The zero-order chi connectivity index (χ0) is 10.9. The van der Waals surface area contributed by atoms with E-state index in [-0.39, 0.29) is 5.60 Å². The van der Waals surface area contributed by atoms with Crippen molar-refractivity contribution in [3.63, 3.8) is 0 Å². The van der Waals surface area contributed by atoms with Crippen molar-refractivity contribution in [1.82, 2.24) is 0 Å². The van der Waals surface area contributed by atoms with E-state index >= 15 is 0 Å². The predicted molar refractivity (Wildman–Crippen MR) is 62.7 cm³/mol. The van der Waals surface area contributed by atoms with Gasteiger partial charge >= 0.3 is 0 Å². The van der Waals surface area contributed by atoms with Crippen LogP contribution in [-0.2, 0) is 4.74 Å². The van der Waals surface area contributed by atoms with Crippen LogP contribution in [0.5, 0.6) is 0 Å². The Morgan fingerprint density at radius 2 is 2.13 bits per heavy atom. The lowest BCUT2D eigenvalue weighted by Gasteiger charge is -2.48. The summed E-state index contributed by atoms with van der Waals surface area (Å²) in [6.07, 6.45) is 7.47. The van der Waals surface area contributed by atoms with Crippen molar-refractivity contribution in [1.29, 1.82) is 0 Å². The number of nitrogens with two attached hydrogens (primary N) is 1. The lowest BCUT2D eigenvalue weighted by molar-refractivity contribution is -0.146. The molecule has 2 heteroatoms. The zero-order valence-electron chi connectivity index (χ0n) is 10.2. The highest BCUT2D eigenvalue weighted by molar-refractivity contribution is 4.96. The molecule has 2 fully saturated rings. The molecule has 0 aromatic heterocycles. The van der Waals surface area contributed by atoms with E-state index < -0.39 is 0 Å². The van der Waals surface area contributed by atoms with Crippen LogP contribution in [0.3, 0.4) is 0 Å². The molecule has 1 aliphatic carbocycles. The molecular weight excluding hydrogens is 186 g/mol. The Kier molecular flexibility index (Phi) is 3.36. The molecule has 0 aromatic rings. The van der Waals surface area contributed by atoms with Gasteiger partial charge in [0.1, 0.15) is 0 Å². The summed E-state index contributed by atoms with van der Waals surface area (Å²) < 4.78 is 5.93. The summed E-state index contributed by atoms with van der Waals surface area (Å²) in [6.45, 7) is 5.47. The minimum atomic E-state index is 0.261. The van der Waals surface area contributed by atoms with E-state index in [1.54, 1.807) is 0 Å². The molecule has 1 saturated heterocycles. The Labute approximate surface area is 93.6 Å². The summed E-state index contributed by atoms with van der Waals surface area (Å²) in [4.78, 5) is 0. The Balaban J connectivity index is 1.86. The molecule has 15 heavy (non-hydrogen) atoms. The Hall–Kier alpha value is -0.0800. The Morgan fingerprint density at radius 3 is 2.67 bits per heavy atom. The molecule has 0 bridgehead atoms. The van der Waals surface area contributed by atoms with E-state index in [1.807, 2.05) is 0 Å². The minimum absolute atomic E-state index is 0.261.